The predicted molar refractivity (Wildman–Crippen MR) is 137 cm³/mol. The Morgan fingerprint density at radius 2 is 2.06 bits per heavy atom. The molecule has 1 atom stereocenters. The van der Waals surface area contributed by atoms with Gasteiger partial charge < -0.3 is 19.5 Å². The van der Waals surface area contributed by atoms with Gasteiger partial charge in [-0.1, -0.05) is 19.4 Å². The number of hydrogen-bond donors (Lipinski definition) is 1. The van der Waals surface area contributed by atoms with Crippen molar-refractivity contribution in [2.45, 2.75) is 59.5 Å². The van der Waals surface area contributed by atoms with Crippen LogP contribution < -0.4 is 14.8 Å². The number of thiophene rings is 1. The number of anilines is 1. The van der Waals surface area contributed by atoms with Crippen LogP contribution in [0.15, 0.2) is 23.8 Å². The molecule has 0 bridgehead atoms. The molecular formula is C27H32N2O5S. The minimum Gasteiger partial charge on any atom is -0.493 e. The van der Waals surface area contributed by atoms with Gasteiger partial charge in [-0.15, -0.1) is 11.3 Å². The molecule has 7 nitrogen and oxygen atoms in total. The van der Waals surface area contributed by atoms with E-state index in [1.165, 1.54) is 17.4 Å². The van der Waals surface area contributed by atoms with Crippen LogP contribution in [0.5, 0.6) is 11.5 Å². The van der Waals surface area contributed by atoms with Crippen molar-refractivity contribution >= 4 is 34.3 Å². The second-order valence-electron chi connectivity index (χ2n) is 8.65. The maximum Gasteiger partial charge on any atom is 0.341 e. The van der Waals surface area contributed by atoms with Gasteiger partial charge in [-0.25, -0.2) is 4.79 Å². The first-order valence-corrected chi connectivity index (χ1v) is 12.7. The van der Waals surface area contributed by atoms with Gasteiger partial charge in [-0.05, 0) is 75.3 Å². The van der Waals surface area contributed by atoms with E-state index in [0.717, 1.165) is 36.1 Å². The van der Waals surface area contributed by atoms with Crippen molar-refractivity contribution in [2.24, 2.45) is 5.92 Å². The number of carbonyl (C=O) groups is 2. The predicted octanol–water partition coefficient (Wildman–Crippen LogP) is 5.78. The fourth-order valence-corrected chi connectivity index (χ4v) is 5.47. The number of benzene rings is 1. The molecule has 1 unspecified atom stereocenters. The molecule has 1 aromatic heterocycles. The molecule has 35 heavy (non-hydrogen) atoms. The highest BCUT2D eigenvalue weighted by molar-refractivity contribution is 7.17. The molecule has 1 aliphatic carbocycles. The van der Waals surface area contributed by atoms with Gasteiger partial charge in [0.1, 0.15) is 16.6 Å². The number of nitriles is 1. The molecule has 1 aromatic carbocycles. The van der Waals surface area contributed by atoms with Gasteiger partial charge in [0.2, 0.25) is 0 Å². The second-order valence-corrected chi connectivity index (χ2v) is 9.75. The highest BCUT2D eigenvalue weighted by atomic mass is 32.1. The number of methoxy groups -OCH3 is 1. The molecule has 0 saturated carbocycles. The quantitative estimate of drug-likeness (QED) is 0.268. The molecule has 1 aliphatic rings. The third kappa shape index (κ3) is 6.23. The molecule has 2 aromatic rings. The lowest BCUT2D eigenvalue weighted by Crippen LogP contribution is -2.17. The van der Waals surface area contributed by atoms with Gasteiger partial charge in [-0.3, -0.25) is 4.79 Å². The van der Waals surface area contributed by atoms with Gasteiger partial charge in [0, 0.05) is 4.88 Å². The number of amides is 1. The summed E-state index contributed by atoms with van der Waals surface area (Å²) in [5.74, 6) is 0.628. The van der Waals surface area contributed by atoms with Crippen LogP contribution in [0.4, 0.5) is 5.00 Å². The number of esters is 1. The molecule has 3 rings (SSSR count). The van der Waals surface area contributed by atoms with E-state index in [9.17, 15) is 14.9 Å². The SMILES string of the molecule is CCOC(=O)c1c(NC(=O)/C(C#N)=C/c2ccc(OC)c(OC(C)C)c2)sc2c1CCC(CC)C2. The van der Waals surface area contributed by atoms with Crippen LogP contribution in [0.2, 0.25) is 0 Å². The van der Waals surface area contributed by atoms with E-state index in [2.05, 4.69) is 12.2 Å². The number of hydrogen-bond acceptors (Lipinski definition) is 7. The highest BCUT2D eigenvalue weighted by Crippen LogP contribution is 2.41. The third-order valence-electron chi connectivity index (χ3n) is 5.88. The van der Waals surface area contributed by atoms with Crippen LogP contribution in [0.25, 0.3) is 6.08 Å². The van der Waals surface area contributed by atoms with Crippen LogP contribution in [0.3, 0.4) is 0 Å². The van der Waals surface area contributed by atoms with Crippen LogP contribution >= 0.6 is 11.3 Å². The Morgan fingerprint density at radius 3 is 2.69 bits per heavy atom. The van der Waals surface area contributed by atoms with E-state index in [1.54, 1.807) is 32.2 Å². The van der Waals surface area contributed by atoms with Gasteiger partial charge in [0.05, 0.1) is 25.4 Å². The molecule has 0 saturated heterocycles. The summed E-state index contributed by atoms with van der Waals surface area (Å²) >= 11 is 1.41. The number of nitrogens with zero attached hydrogens (tertiary/aromatic N) is 1. The summed E-state index contributed by atoms with van der Waals surface area (Å²) in [4.78, 5) is 27.0. The van der Waals surface area contributed by atoms with Crippen molar-refractivity contribution < 1.29 is 23.8 Å². The zero-order valence-electron chi connectivity index (χ0n) is 20.9. The van der Waals surface area contributed by atoms with Gasteiger partial charge in [-0.2, -0.15) is 5.26 Å². The van der Waals surface area contributed by atoms with Crippen molar-refractivity contribution in [3.63, 3.8) is 0 Å². The third-order valence-corrected chi connectivity index (χ3v) is 7.05. The lowest BCUT2D eigenvalue weighted by atomic mass is 9.85. The Balaban J connectivity index is 1.92. The maximum atomic E-state index is 13.1. The fourth-order valence-electron chi connectivity index (χ4n) is 4.12. The topological polar surface area (TPSA) is 97.7 Å². The van der Waals surface area contributed by atoms with E-state index < -0.39 is 11.9 Å². The molecular weight excluding hydrogens is 464 g/mol. The molecule has 1 heterocycles. The van der Waals surface area contributed by atoms with Gasteiger partial charge in [0.25, 0.3) is 5.91 Å². The number of fused-ring (bicyclic) bond motifs is 1. The average molecular weight is 497 g/mol. The molecule has 0 radical (unpaired) electrons. The first-order chi connectivity index (χ1) is 16.8. The zero-order valence-corrected chi connectivity index (χ0v) is 21.7. The summed E-state index contributed by atoms with van der Waals surface area (Å²) in [6, 6.07) is 7.18. The first kappa shape index (κ1) is 26.3. The lowest BCUT2D eigenvalue weighted by molar-refractivity contribution is -0.112. The Bertz CT molecular complexity index is 1160. The summed E-state index contributed by atoms with van der Waals surface area (Å²) in [5.41, 5.74) is 1.92. The van der Waals surface area contributed by atoms with Crippen LogP contribution in [-0.2, 0) is 22.4 Å². The Hall–Kier alpha value is -3.31. The number of carbonyl (C=O) groups excluding carboxylic acids is 2. The van der Waals surface area contributed by atoms with Crippen molar-refractivity contribution in [3.05, 3.63) is 45.3 Å². The summed E-state index contributed by atoms with van der Waals surface area (Å²) in [5, 5.41) is 13.0. The second kappa shape index (κ2) is 11.9. The molecule has 8 heteroatoms. The van der Waals surface area contributed by atoms with Crippen molar-refractivity contribution in [1.29, 1.82) is 5.26 Å². The van der Waals surface area contributed by atoms with Gasteiger partial charge >= 0.3 is 5.97 Å². The minimum atomic E-state index is -0.578. The average Bonchev–Trinajstić information content (AvgIpc) is 3.19. The number of ether oxygens (including phenoxy) is 3. The normalized spacial score (nSPS) is 15.2. The fraction of sp³-hybridized carbons (Fsp3) is 0.444. The highest BCUT2D eigenvalue weighted by Gasteiger charge is 2.30. The summed E-state index contributed by atoms with van der Waals surface area (Å²) in [6.07, 6.45) is 5.15. The van der Waals surface area contributed by atoms with Crippen molar-refractivity contribution in [3.8, 4) is 17.6 Å². The van der Waals surface area contributed by atoms with E-state index in [0.29, 0.717) is 33.5 Å². The molecule has 1 amide bonds. The largest absolute Gasteiger partial charge is 0.493 e. The van der Waals surface area contributed by atoms with Crippen LogP contribution in [0.1, 0.15) is 66.9 Å². The van der Waals surface area contributed by atoms with E-state index in [-0.39, 0.29) is 18.3 Å². The smallest absolute Gasteiger partial charge is 0.341 e. The number of nitrogens with one attached hydrogen (secondary N) is 1. The lowest BCUT2D eigenvalue weighted by Gasteiger charge is -2.20. The van der Waals surface area contributed by atoms with Crippen molar-refractivity contribution in [2.75, 3.05) is 19.0 Å². The summed E-state index contributed by atoms with van der Waals surface area (Å²) in [7, 11) is 1.55. The molecule has 0 aliphatic heterocycles. The summed E-state index contributed by atoms with van der Waals surface area (Å²) in [6.45, 7) is 7.97. The van der Waals surface area contributed by atoms with E-state index >= 15 is 0 Å². The molecule has 0 spiro atoms. The molecule has 1 N–H and O–H groups in total. The Morgan fingerprint density at radius 1 is 1.29 bits per heavy atom. The van der Waals surface area contributed by atoms with Crippen molar-refractivity contribution in [1.82, 2.24) is 0 Å². The first-order valence-electron chi connectivity index (χ1n) is 11.9. The van der Waals surface area contributed by atoms with E-state index in [1.807, 2.05) is 19.9 Å². The monoisotopic (exact) mass is 496 g/mol. The minimum absolute atomic E-state index is 0.0691. The Labute approximate surface area is 210 Å². The maximum absolute atomic E-state index is 13.1. The van der Waals surface area contributed by atoms with E-state index in [4.69, 9.17) is 14.2 Å². The van der Waals surface area contributed by atoms with Crippen LogP contribution in [-0.4, -0.2) is 31.7 Å². The zero-order chi connectivity index (χ0) is 25.5. The Kier molecular flexibility index (Phi) is 8.94. The molecule has 0 fully saturated rings. The van der Waals surface area contributed by atoms with Crippen LogP contribution in [0, 0.1) is 17.2 Å². The summed E-state index contributed by atoms with van der Waals surface area (Å²) < 4.78 is 16.4. The number of rotatable bonds is 9. The van der Waals surface area contributed by atoms with Gasteiger partial charge in [0.15, 0.2) is 11.5 Å². The standard InChI is InChI=1S/C27H32N2O5S/c1-6-17-8-10-20-23(14-17)35-26(24(20)27(31)33-7-2)29-25(30)19(15-28)12-18-9-11-21(32-5)22(13-18)34-16(3)4/h9,11-13,16-17H,6-8,10,14H2,1-5H3,(H,29,30)/b19-12+. The molecule has 186 valence electrons.